The normalized spacial score (nSPS) is 11.3. The van der Waals surface area contributed by atoms with Crippen LogP contribution >= 0.6 is 0 Å². The first-order chi connectivity index (χ1) is 20.7. The van der Waals surface area contributed by atoms with Gasteiger partial charge >= 0.3 is 6.18 Å². The maximum Gasteiger partial charge on any atom is 0.416 e. The molecule has 1 aromatic heterocycles. The number of rotatable bonds is 13. The molecule has 0 aliphatic carbocycles. The van der Waals surface area contributed by atoms with Crippen molar-refractivity contribution in [3.05, 3.63) is 125 Å². The molecule has 0 fully saturated rings. The molecule has 0 N–H and O–H groups in total. The Morgan fingerprint density at radius 2 is 1.58 bits per heavy atom. The van der Waals surface area contributed by atoms with Gasteiger partial charge in [-0.15, -0.1) is 0 Å². The molecule has 0 bridgehead atoms. The maximum absolute atomic E-state index is 13.9. The topological polar surface area (TPSA) is 54.8 Å². The predicted octanol–water partition coefficient (Wildman–Crippen LogP) is 7.04. The number of benzene rings is 3. The van der Waals surface area contributed by atoms with Crippen LogP contribution in [0.5, 0.6) is 5.75 Å². The SMILES string of the molecule is CCCCN(CC(=O)N(Cc1ccccc1)Cc1cccn1Cc1cccc(OC)c1)C(=O)c1cccc(C(F)(F)F)c1. The van der Waals surface area contributed by atoms with E-state index in [9.17, 15) is 22.8 Å². The summed E-state index contributed by atoms with van der Waals surface area (Å²) in [5.41, 5.74) is 1.86. The molecule has 0 aliphatic rings. The largest absolute Gasteiger partial charge is 0.497 e. The molecule has 2 amide bonds. The number of nitrogens with zero attached hydrogens (tertiary/aromatic N) is 3. The van der Waals surface area contributed by atoms with Crippen LogP contribution < -0.4 is 4.74 Å². The van der Waals surface area contributed by atoms with Crippen molar-refractivity contribution >= 4 is 11.8 Å². The Bertz CT molecular complexity index is 1500. The van der Waals surface area contributed by atoms with Crippen LogP contribution in [0.1, 0.15) is 52.5 Å². The molecule has 0 unspecified atom stereocenters. The minimum absolute atomic E-state index is 0.0968. The minimum atomic E-state index is -4.58. The number of methoxy groups -OCH3 is 1. The molecule has 0 radical (unpaired) electrons. The Kier molecular flexibility index (Phi) is 10.6. The highest BCUT2D eigenvalue weighted by atomic mass is 19.4. The third kappa shape index (κ3) is 8.73. The lowest BCUT2D eigenvalue weighted by Crippen LogP contribution is -2.43. The zero-order valence-corrected chi connectivity index (χ0v) is 24.4. The molecule has 0 spiro atoms. The number of ether oxygens (including phenoxy) is 1. The molecule has 3 aromatic carbocycles. The van der Waals surface area contributed by atoms with Gasteiger partial charge in [-0.2, -0.15) is 13.2 Å². The third-order valence-electron chi connectivity index (χ3n) is 7.16. The summed E-state index contributed by atoms with van der Waals surface area (Å²) < 4.78 is 47.5. The lowest BCUT2D eigenvalue weighted by Gasteiger charge is -2.28. The molecule has 226 valence electrons. The number of hydrogen-bond donors (Lipinski definition) is 0. The van der Waals surface area contributed by atoms with Crippen LogP contribution in [0.2, 0.25) is 0 Å². The molecule has 9 heteroatoms. The molecule has 6 nitrogen and oxygen atoms in total. The minimum Gasteiger partial charge on any atom is -0.497 e. The molecule has 4 aromatic rings. The van der Waals surface area contributed by atoms with Crippen LogP contribution in [-0.2, 0) is 30.6 Å². The van der Waals surface area contributed by atoms with Crippen LogP contribution in [0.15, 0.2) is 97.2 Å². The lowest BCUT2D eigenvalue weighted by molar-refractivity contribution is -0.137. The van der Waals surface area contributed by atoms with Gasteiger partial charge in [0.2, 0.25) is 5.91 Å². The smallest absolute Gasteiger partial charge is 0.416 e. The number of carbonyl (C=O) groups excluding carboxylic acids is 2. The fraction of sp³-hybridized carbons (Fsp3) is 0.294. The van der Waals surface area contributed by atoms with Crippen LogP contribution in [0.4, 0.5) is 13.2 Å². The van der Waals surface area contributed by atoms with Gasteiger partial charge in [0, 0.05) is 37.1 Å². The quantitative estimate of drug-likeness (QED) is 0.168. The van der Waals surface area contributed by atoms with Gasteiger partial charge in [0.1, 0.15) is 12.3 Å². The maximum atomic E-state index is 13.9. The van der Waals surface area contributed by atoms with E-state index < -0.39 is 17.6 Å². The Morgan fingerprint density at radius 3 is 2.30 bits per heavy atom. The Balaban J connectivity index is 1.58. The van der Waals surface area contributed by atoms with Gasteiger partial charge < -0.3 is 19.1 Å². The fourth-order valence-corrected chi connectivity index (χ4v) is 4.82. The van der Waals surface area contributed by atoms with Crippen molar-refractivity contribution in [2.75, 3.05) is 20.2 Å². The van der Waals surface area contributed by atoms with E-state index in [0.717, 1.165) is 41.1 Å². The number of halogens is 3. The average molecular weight is 592 g/mol. The average Bonchev–Trinajstić information content (AvgIpc) is 3.44. The van der Waals surface area contributed by atoms with Crippen LogP contribution in [0.25, 0.3) is 0 Å². The zero-order valence-electron chi connectivity index (χ0n) is 24.4. The Morgan fingerprint density at radius 1 is 0.837 bits per heavy atom. The summed E-state index contributed by atoms with van der Waals surface area (Å²) in [6, 6.07) is 25.5. The van der Waals surface area contributed by atoms with E-state index in [1.54, 1.807) is 12.0 Å². The highest BCUT2D eigenvalue weighted by Crippen LogP contribution is 2.30. The molecule has 0 aliphatic heterocycles. The van der Waals surface area contributed by atoms with Crippen LogP contribution in [-0.4, -0.2) is 46.4 Å². The Labute approximate surface area is 250 Å². The Hall–Kier alpha value is -4.53. The van der Waals surface area contributed by atoms with Gasteiger partial charge in [0.15, 0.2) is 0 Å². The van der Waals surface area contributed by atoms with E-state index in [-0.39, 0.29) is 31.1 Å². The summed E-state index contributed by atoms with van der Waals surface area (Å²) in [7, 11) is 1.62. The summed E-state index contributed by atoms with van der Waals surface area (Å²) in [5.74, 6) is -0.145. The van der Waals surface area contributed by atoms with Gasteiger partial charge in [-0.3, -0.25) is 9.59 Å². The van der Waals surface area contributed by atoms with Crippen molar-refractivity contribution in [1.82, 2.24) is 14.4 Å². The first-order valence-electron chi connectivity index (χ1n) is 14.2. The monoisotopic (exact) mass is 591 g/mol. The molecular formula is C34H36F3N3O3. The predicted molar refractivity (Wildman–Crippen MR) is 159 cm³/mol. The molecule has 43 heavy (non-hydrogen) atoms. The highest BCUT2D eigenvalue weighted by molar-refractivity contribution is 5.96. The number of aromatic nitrogens is 1. The van der Waals surface area contributed by atoms with Crippen molar-refractivity contribution in [1.29, 1.82) is 0 Å². The first-order valence-corrected chi connectivity index (χ1v) is 14.2. The van der Waals surface area contributed by atoms with Crippen LogP contribution in [0, 0.1) is 0 Å². The molecule has 1 heterocycles. The molecule has 0 saturated carbocycles. The molecule has 0 atom stereocenters. The second kappa shape index (κ2) is 14.6. The van der Waals surface area contributed by atoms with Crippen molar-refractivity contribution in [2.24, 2.45) is 0 Å². The van der Waals surface area contributed by atoms with Crippen molar-refractivity contribution in [2.45, 2.75) is 45.6 Å². The van der Waals surface area contributed by atoms with Gasteiger partial charge in [-0.25, -0.2) is 0 Å². The molecule has 4 rings (SSSR count). The number of hydrogen-bond acceptors (Lipinski definition) is 3. The highest BCUT2D eigenvalue weighted by Gasteiger charge is 2.32. The van der Waals surface area contributed by atoms with E-state index in [0.29, 0.717) is 19.5 Å². The van der Waals surface area contributed by atoms with E-state index >= 15 is 0 Å². The summed E-state index contributed by atoms with van der Waals surface area (Å²) in [6.45, 7) is 3.12. The summed E-state index contributed by atoms with van der Waals surface area (Å²) in [6.07, 6.45) is -1.26. The summed E-state index contributed by atoms with van der Waals surface area (Å²) >= 11 is 0. The van der Waals surface area contributed by atoms with Crippen LogP contribution in [0.3, 0.4) is 0 Å². The van der Waals surface area contributed by atoms with Crippen molar-refractivity contribution in [3.63, 3.8) is 0 Å². The zero-order chi connectivity index (χ0) is 30.8. The van der Waals surface area contributed by atoms with E-state index in [1.165, 1.54) is 17.0 Å². The van der Waals surface area contributed by atoms with Gasteiger partial charge in [0.05, 0.1) is 19.2 Å². The summed E-state index contributed by atoms with van der Waals surface area (Å²) in [5, 5.41) is 0. The number of unbranched alkanes of at least 4 members (excludes halogenated alkanes) is 1. The van der Waals surface area contributed by atoms with E-state index in [2.05, 4.69) is 4.57 Å². The summed E-state index contributed by atoms with van der Waals surface area (Å²) in [4.78, 5) is 30.4. The lowest BCUT2D eigenvalue weighted by atomic mass is 10.1. The molecular weight excluding hydrogens is 555 g/mol. The number of carbonyl (C=O) groups is 2. The first kappa shape index (κ1) is 31.4. The third-order valence-corrected chi connectivity index (χ3v) is 7.16. The van der Waals surface area contributed by atoms with Crippen molar-refractivity contribution < 1.29 is 27.5 Å². The standard InChI is InChI=1S/C34H36F3N3O3/c1-3-4-18-39(33(42)28-14-9-15-29(21-28)34(35,36)37)25-32(41)40(22-26-11-6-5-7-12-26)24-30-16-10-19-38(30)23-27-13-8-17-31(20-27)43-2/h5-17,19-21H,3-4,18,22-25H2,1-2H3. The van der Waals surface area contributed by atoms with Gasteiger partial charge in [-0.1, -0.05) is 61.9 Å². The van der Waals surface area contributed by atoms with E-state index in [1.807, 2.05) is 79.9 Å². The second-order valence-corrected chi connectivity index (χ2v) is 10.4. The number of alkyl halides is 3. The second-order valence-electron chi connectivity index (χ2n) is 10.4. The molecule has 0 saturated heterocycles. The van der Waals surface area contributed by atoms with Gasteiger partial charge in [0.25, 0.3) is 5.91 Å². The fourth-order valence-electron chi connectivity index (χ4n) is 4.82. The van der Waals surface area contributed by atoms with Crippen molar-refractivity contribution in [3.8, 4) is 5.75 Å². The van der Waals surface area contributed by atoms with Gasteiger partial charge in [-0.05, 0) is 60.0 Å². The van der Waals surface area contributed by atoms with E-state index in [4.69, 9.17) is 4.74 Å². The number of amides is 2.